The lowest BCUT2D eigenvalue weighted by atomic mass is 9.77. The molecule has 2 fully saturated rings. The summed E-state index contributed by atoms with van der Waals surface area (Å²) < 4.78 is 5.28. The zero-order valence-corrected chi connectivity index (χ0v) is 15.4. The molecule has 1 aromatic heterocycles. The highest BCUT2D eigenvalue weighted by atomic mass is 16.5. The smallest absolute Gasteiger partial charge is 0.311 e. The molecule has 2 aliphatic rings. The number of likely N-dealkylation sites (tertiary alicyclic amines) is 1. The van der Waals surface area contributed by atoms with E-state index in [0.29, 0.717) is 49.0 Å². The lowest BCUT2D eigenvalue weighted by molar-refractivity contribution is -0.152. The Morgan fingerprint density at radius 3 is 2.67 bits per heavy atom. The molecule has 1 amide bonds. The van der Waals surface area contributed by atoms with Gasteiger partial charge in [0, 0.05) is 30.1 Å². The average Bonchev–Trinajstić information content (AvgIpc) is 3.44. The quantitative estimate of drug-likeness (QED) is 0.868. The van der Waals surface area contributed by atoms with Gasteiger partial charge in [0.2, 0.25) is 11.7 Å². The highest BCUT2D eigenvalue weighted by Crippen LogP contribution is 2.39. The van der Waals surface area contributed by atoms with Crippen molar-refractivity contribution in [1.29, 1.82) is 0 Å². The van der Waals surface area contributed by atoms with Crippen molar-refractivity contribution in [2.75, 3.05) is 13.1 Å². The van der Waals surface area contributed by atoms with E-state index in [-0.39, 0.29) is 12.5 Å². The summed E-state index contributed by atoms with van der Waals surface area (Å²) >= 11 is 0. The van der Waals surface area contributed by atoms with Gasteiger partial charge in [0.1, 0.15) is 0 Å². The molecule has 4 rings (SSSR count). The van der Waals surface area contributed by atoms with Crippen LogP contribution in [0.15, 0.2) is 28.8 Å². The maximum atomic E-state index is 12.9. The second-order valence-electron chi connectivity index (χ2n) is 7.58. The van der Waals surface area contributed by atoms with Crippen molar-refractivity contribution in [1.82, 2.24) is 15.0 Å². The van der Waals surface area contributed by atoms with Gasteiger partial charge in [-0.2, -0.15) is 4.98 Å². The predicted octanol–water partition coefficient (Wildman–Crippen LogP) is 3.33. The van der Waals surface area contributed by atoms with Crippen LogP contribution in [0.5, 0.6) is 0 Å². The summed E-state index contributed by atoms with van der Waals surface area (Å²) in [6, 6.07) is 7.10. The van der Waals surface area contributed by atoms with Gasteiger partial charge in [-0.3, -0.25) is 9.59 Å². The number of carbonyl (C=O) groups excluding carboxylic acids is 1. The van der Waals surface area contributed by atoms with E-state index < -0.39 is 11.4 Å². The van der Waals surface area contributed by atoms with E-state index in [1.807, 2.05) is 19.1 Å². The van der Waals surface area contributed by atoms with Gasteiger partial charge in [-0.15, -0.1) is 0 Å². The Labute approximate surface area is 157 Å². The topological polar surface area (TPSA) is 96.5 Å². The molecule has 2 aromatic rings. The number of carboxylic acid groups (broad SMARTS) is 1. The monoisotopic (exact) mass is 369 g/mol. The number of rotatable bonds is 5. The standard InChI is InChI=1S/C20H23N3O4/c1-2-20(19(25)26)10-3-11-23(12-20)18(24)15-8-4-13(5-9-15)16-21-17(27-22-16)14-6-7-14/h4-5,8-9,14H,2-3,6-7,10-12H2,1H3,(H,25,26)/t20-/m0/s1. The maximum absolute atomic E-state index is 12.9. The van der Waals surface area contributed by atoms with Crippen molar-refractivity contribution in [3.63, 3.8) is 0 Å². The number of nitrogens with zero attached hydrogens (tertiary/aromatic N) is 3. The molecule has 0 radical (unpaired) electrons. The number of hydrogen-bond acceptors (Lipinski definition) is 5. The second-order valence-corrected chi connectivity index (χ2v) is 7.58. The minimum Gasteiger partial charge on any atom is -0.481 e. The van der Waals surface area contributed by atoms with Crippen LogP contribution in [0.4, 0.5) is 0 Å². The van der Waals surface area contributed by atoms with Gasteiger partial charge >= 0.3 is 5.97 Å². The Hall–Kier alpha value is -2.70. The molecule has 1 aliphatic carbocycles. The molecule has 1 saturated carbocycles. The summed E-state index contributed by atoms with van der Waals surface area (Å²) in [5.41, 5.74) is 0.508. The van der Waals surface area contributed by atoms with E-state index >= 15 is 0 Å². The Morgan fingerprint density at radius 1 is 1.30 bits per heavy atom. The van der Waals surface area contributed by atoms with E-state index in [0.717, 1.165) is 18.4 Å². The Kier molecular flexibility index (Phi) is 4.45. The highest BCUT2D eigenvalue weighted by Gasteiger charge is 2.42. The molecule has 1 saturated heterocycles. The number of aromatic nitrogens is 2. The number of hydrogen-bond donors (Lipinski definition) is 1. The van der Waals surface area contributed by atoms with Crippen LogP contribution in [0, 0.1) is 5.41 Å². The second kappa shape index (κ2) is 6.79. The molecule has 1 aromatic carbocycles. The zero-order valence-electron chi connectivity index (χ0n) is 15.4. The molecule has 1 aliphatic heterocycles. The van der Waals surface area contributed by atoms with Crippen molar-refractivity contribution < 1.29 is 19.2 Å². The fraction of sp³-hybridized carbons (Fsp3) is 0.500. The number of amides is 1. The minimum atomic E-state index is -0.836. The number of aliphatic carboxylic acids is 1. The molecular weight excluding hydrogens is 346 g/mol. The summed E-state index contributed by atoms with van der Waals surface area (Å²) in [6.07, 6.45) is 4.03. The normalized spacial score (nSPS) is 22.6. The Balaban J connectivity index is 1.49. The van der Waals surface area contributed by atoms with Crippen molar-refractivity contribution in [2.45, 2.75) is 44.9 Å². The summed E-state index contributed by atoms with van der Waals surface area (Å²) in [7, 11) is 0. The summed E-state index contributed by atoms with van der Waals surface area (Å²) in [4.78, 5) is 30.6. The van der Waals surface area contributed by atoms with Crippen molar-refractivity contribution in [3.8, 4) is 11.4 Å². The first-order valence-electron chi connectivity index (χ1n) is 9.49. The minimum absolute atomic E-state index is 0.132. The summed E-state index contributed by atoms with van der Waals surface area (Å²) in [6.45, 7) is 2.72. The molecule has 142 valence electrons. The van der Waals surface area contributed by atoms with Crippen LogP contribution >= 0.6 is 0 Å². The summed E-state index contributed by atoms with van der Waals surface area (Å²) in [5, 5.41) is 13.6. The van der Waals surface area contributed by atoms with Gasteiger partial charge in [-0.1, -0.05) is 24.2 Å². The maximum Gasteiger partial charge on any atom is 0.311 e. The molecule has 0 spiro atoms. The summed E-state index contributed by atoms with van der Waals surface area (Å²) in [5.74, 6) is 0.667. The largest absolute Gasteiger partial charge is 0.481 e. The molecule has 27 heavy (non-hydrogen) atoms. The third kappa shape index (κ3) is 3.34. The molecular formula is C20H23N3O4. The van der Waals surface area contributed by atoms with Gasteiger partial charge in [-0.05, 0) is 44.2 Å². The number of carboxylic acids is 1. The first-order valence-corrected chi connectivity index (χ1v) is 9.49. The first-order chi connectivity index (χ1) is 13.0. The predicted molar refractivity (Wildman–Crippen MR) is 97.2 cm³/mol. The third-order valence-electron chi connectivity index (χ3n) is 5.75. The molecule has 0 unspecified atom stereocenters. The van der Waals surface area contributed by atoms with Crippen LogP contribution in [0.2, 0.25) is 0 Å². The van der Waals surface area contributed by atoms with Gasteiger partial charge in [0.05, 0.1) is 5.41 Å². The third-order valence-corrected chi connectivity index (χ3v) is 5.75. The van der Waals surface area contributed by atoms with Gasteiger partial charge < -0.3 is 14.5 Å². The molecule has 7 heteroatoms. The van der Waals surface area contributed by atoms with Crippen LogP contribution in [0.3, 0.4) is 0 Å². The fourth-order valence-electron chi connectivity index (χ4n) is 3.71. The van der Waals surface area contributed by atoms with E-state index in [1.165, 1.54) is 0 Å². The Morgan fingerprint density at radius 2 is 2.04 bits per heavy atom. The zero-order chi connectivity index (χ0) is 19.0. The molecule has 2 heterocycles. The molecule has 1 atom stereocenters. The fourth-order valence-corrected chi connectivity index (χ4v) is 3.71. The van der Waals surface area contributed by atoms with Crippen LogP contribution in [-0.2, 0) is 4.79 Å². The molecule has 0 bridgehead atoms. The lowest BCUT2D eigenvalue weighted by Gasteiger charge is -2.39. The molecule has 1 N–H and O–H groups in total. The van der Waals surface area contributed by atoms with Crippen LogP contribution in [0.1, 0.15) is 61.2 Å². The number of carbonyl (C=O) groups is 2. The van der Waals surface area contributed by atoms with Crippen molar-refractivity contribution >= 4 is 11.9 Å². The van der Waals surface area contributed by atoms with Crippen LogP contribution in [-0.4, -0.2) is 45.1 Å². The van der Waals surface area contributed by atoms with E-state index in [2.05, 4.69) is 10.1 Å². The lowest BCUT2D eigenvalue weighted by Crippen LogP contribution is -2.49. The Bertz CT molecular complexity index is 856. The molecule has 7 nitrogen and oxygen atoms in total. The van der Waals surface area contributed by atoms with Gasteiger partial charge in [0.25, 0.3) is 5.91 Å². The van der Waals surface area contributed by atoms with Gasteiger partial charge in [0.15, 0.2) is 0 Å². The van der Waals surface area contributed by atoms with E-state index in [4.69, 9.17) is 4.52 Å². The van der Waals surface area contributed by atoms with Crippen LogP contribution < -0.4 is 0 Å². The van der Waals surface area contributed by atoms with E-state index in [1.54, 1.807) is 17.0 Å². The van der Waals surface area contributed by atoms with Crippen molar-refractivity contribution in [3.05, 3.63) is 35.7 Å². The SMILES string of the molecule is CC[C@]1(C(=O)O)CCCN(C(=O)c2ccc(-c3noc(C4CC4)n3)cc2)C1. The average molecular weight is 369 g/mol. The van der Waals surface area contributed by atoms with Crippen LogP contribution in [0.25, 0.3) is 11.4 Å². The highest BCUT2D eigenvalue weighted by molar-refractivity contribution is 5.95. The van der Waals surface area contributed by atoms with Crippen molar-refractivity contribution in [2.24, 2.45) is 5.41 Å². The number of piperidine rings is 1. The van der Waals surface area contributed by atoms with Gasteiger partial charge in [-0.25, -0.2) is 0 Å². The number of benzene rings is 1. The first kappa shape index (κ1) is 17.7. The van der Waals surface area contributed by atoms with E-state index in [9.17, 15) is 14.7 Å².